The minimum Gasteiger partial charge on any atom is -0.508 e. The largest absolute Gasteiger partial charge is 0.508 e. The summed E-state index contributed by atoms with van der Waals surface area (Å²) in [4.78, 5) is 11.6. The number of aromatic hydroxyl groups is 1. The second-order valence-electron chi connectivity index (χ2n) is 5.96. The van der Waals surface area contributed by atoms with Crippen molar-refractivity contribution >= 4 is 29.3 Å². The Morgan fingerprint density at radius 3 is 2.03 bits per heavy atom. The average molecular weight is 474 g/mol. The third-order valence-corrected chi connectivity index (χ3v) is 5.00. The van der Waals surface area contributed by atoms with Gasteiger partial charge in [-0.05, 0) is 55.1 Å². The summed E-state index contributed by atoms with van der Waals surface area (Å²) >= 11 is 1.78. The summed E-state index contributed by atoms with van der Waals surface area (Å²) in [7, 11) is 0. The van der Waals surface area contributed by atoms with Crippen LogP contribution in [0.2, 0.25) is 0 Å². The van der Waals surface area contributed by atoms with Crippen LogP contribution in [-0.2, 0) is 4.79 Å². The SMILES string of the molecule is C#C.C=C.CC.N=C(c1ccccc1N)C(O)C(=O)O.Oc1ccc(SN2CCCC2)cc1. The predicted octanol–water partition coefficient (Wildman–Crippen LogP) is 4.66. The lowest BCUT2D eigenvalue weighted by Gasteiger charge is -2.12. The molecule has 0 saturated carbocycles. The highest BCUT2D eigenvalue weighted by atomic mass is 32.2. The summed E-state index contributed by atoms with van der Waals surface area (Å²) < 4.78 is 2.37. The molecule has 1 heterocycles. The van der Waals surface area contributed by atoms with E-state index in [0.29, 0.717) is 5.75 Å². The van der Waals surface area contributed by atoms with Gasteiger partial charge in [0, 0.05) is 29.2 Å². The first-order valence-corrected chi connectivity index (χ1v) is 11.1. The van der Waals surface area contributed by atoms with E-state index >= 15 is 0 Å². The molecule has 0 bridgehead atoms. The van der Waals surface area contributed by atoms with Crippen LogP contribution in [0.5, 0.6) is 5.75 Å². The number of nitrogens with two attached hydrogens (primary N) is 1. The number of phenols is 1. The Morgan fingerprint density at radius 1 is 1.09 bits per heavy atom. The van der Waals surface area contributed by atoms with E-state index in [-0.39, 0.29) is 11.3 Å². The van der Waals surface area contributed by atoms with E-state index < -0.39 is 17.8 Å². The van der Waals surface area contributed by atoms with Gasteiger partial charge in [0.15, 0.2) is 6.10 Å². The number of nitrogen functional groups attached to an aromatic ring is 1. The number of carboxylic acids is 1. The summed E-state index contributed by atoms with van der Waals surface area (Å²) in [6.45, 7) is 12.4. The molecule has 1 aliphatic rings. The minimum atomic E-state index is -1.83. The van der Waals surface area contributed by atoms with Crippen LogP contribution < -0.4 is 5.73 Å². The van der Waals surface area contributed by atoms with Crippen LogP contribution in [0.15, 0.2) is 66.6 Å². The molecule has 0 spiro atoms. The van der Waals surface area contributed by atoms with Crippen molar-refractivity contribution in [1.29, 1.82) is 5.41 Å². The molecular weight excluding hydrogens is 438 g/mol. The van der Waals surface area contributed by atoms with E-state index in [2.05, 4.69) is 30.3 Å². The van der Waals surface area contributed by atoms with Crippen molar-refractivity contribution in [3.05, 3.63) is 67.3 Å². The van der Waals surface area contributed by atoms with Crippen molar-refractivity contribution in [2.75, 3.05) is 18.8 Å². The molecule has 1 atom stereocenters. The average Bonchev–Trinajstić information content (AvgIpc) is 3.37. The molecule has 1 unspecified atom stereocenters. The Bertz CT molecular complexity index is 835. The number of carboxylic acid groups (broad SMARTS) is 1. The van der Waals surface area contributed by atoms with E-state index in [9.17, 15) is 4.79 Å². The van der Waals surface area contributed by atoms with Crippen LogP contribution >= 0.6 is 11.9 Å². The van der Waals surface area contributed by atoms with Crippen LogP contribution in [0, 0.1) is 18.3 Å². The first-order chi connectivity index (χ1) is 15.9. The van der Waals surface area contributed by atoms with Gasteiger partial charge >= 0.3 is 5.97 Å². The lowest BCUT2D eigenvalue weighted by Crippen LogP contribution is -2.30. The third kappa shape index (κ3) is 12.4. The van der Waals surface area contributed by atoms with Crippen molar-refractivity contribution < 1.29 is 20.1 Å². The van der Waals surface area contributed by atoms with E-state index in [1.54, 1.807) is 42.3 Å². The van der Waals surface area contributed by atoms with Crippen LogP contribution in [0.4, 0.5) is 5.69 Å². The Hall–Kier alpha value is -3.25. The fourth-order valence-electron chi connectivity index (χ4n) is 2.45. The Morgan fingerprint density at radius 2 is 1.58 bits per heavy atom. The molecule has 7 nitrogen and oxygen atoms in total. The van der Waals surface area contributed by atoms with Gasteiger partial charge in [0.25, 0.3) is 0 Å². The molecule has 8 heteroatoms. The first-order valence-electron chi connectivity index (χ1n) is 10.3. The van der Waals surface area contributed by atoms with Gasteiger partial charge in [0.2, 0.25) is 0 Å². The van der Waals surface area contributed by atoms with Crippen molar-refractivity contribution in [3.63, 3.8) is 0 Å². The Labute approximate surface area is 201 Å². The number of nitrogens with zero attached hydrogens (tertiary/aromatic N) is 1. The number of terminal acetylenes is 1. The second-order valence-corrected chi connectivity index (χ2v) is 7.13. The molecule has 0 amide bonds. The van der Waals surface area contributed by atoms with Crippen molar-refractivity contribution in [2.24, 2.45) is 0 Å². The first kappa shape index (κ1) is 31.9. The number of aliphatic carboxylic acids is 1. The summed E-state index contributed by atoms with van der Waals surface area (Å²) in [5.41, 5.74) is 5.62. The number of anilines is 1. The number of nitrogens with one attached hydrogen (secondary N) is 1. The number of hydrogen-bond donors (Lipinski definition) is 5. The summed E-state index contributed by atoms with van der Waals surface area (Å²) in [6.07, 6.45) is 8.79. The molecule has 1 fully saturated rings. The summed E-state index contributed by atoms with van der Waals surface area (Å²) in [6, 6.07) is 13.7. The van der Waals surface area contributed by atoms with Crippen molar-refractivity contribution in [3.8, 4) is 18.6 Å². The van der Waals surface area contributed by atoms with E-state index in [1.807, 2.05) is 26.0 Å². The zero-order valence-corrected chi connectivity index (χ0v) is 20.1. The maximum atomic E-state index is 10.4. The molecule has 6 N–H and O–H groups in total. The van der Waals surface area contributed by atoms with E-state index in [4.69, 9.17) is 26.5 Å². The molecule has 180 valence electrons. The standard InChI is InChI=1S/C10H13NOS.C9H10N2O3.C2H6.C2H4.C2H2/c12-9-3-5-10(6-4-9)13-11-7-1-2-8-11;10-6-4-2-1-3-5(6)7(11)8(12)9(13)14;3*1-2/h3-6,12H,1-2,7-8H2;1-4,8,11-12H,10H2,(H,13,14);1-2H3;1-2H2;1-2H. The Balaban J connectivity index is 0. The van der Waals surface area contributed by atoms with E-state index in [0.717, 1.165) is 0 Å². The third-order valence-electron chi connectivity index (χ3n) is 3.89. The van der Waals surface area contributed by atoms with Crippen molar-refractivity contribution in [2.45, 2.75) is 37.7 Å². The fraction of sp³-hybridized carbons (Fsp3) is 0.280. The monoisotopic (exact) mass is 473 g/mol. The van der Waals surface area contributed by atoms with Crippen LogP contribution in [-0.4, -0.2) is 50.5 Å². The van der Waals surface area contributed by atoms with Gasteiger partial charge < -0.3 is 26.5 Å². The lowest BCUT2D eigenvalue weighted by molar-refractivity contribution is -0.143. The molecule has 0 aliphatic carbocycles. The summed E-state index contributed by atoms with van der Waals surface area (Å²) in [5, 5.41) is 34.1. The fourth-order valence-corrected chi connectivity index (χ4v) is 3.45. The minimum absolute atomic E-state index is 0.238. The predicted molar refractivity (Wildman–Crippen MR) is 139 cm³/mol. The molecule has 0 aromatic heterocycles. The van der Waals surface area contributed by atoms with Gasteiger partial charge in [0.1, 0.15) is 5.75 Å². The molecule has 33 heavy (non-hydrogen) atoms. The number of rotatable bonds is 5. The van der Waals surface area contributed by atoms with Gasteiger partial charge in [-0.15, -0.1) is 26.0 Å². The van der Waals surface area contributed by atoms with Crippen molar-refractivity contribution in [1.82, 2.24) is 4.31 Å². The number of aliphatic hydroxyl groups excluding tert-OH is 1. The normalized spacial score (nSPS) is 12.5. The van der Waals surface area contributed by atoms with Gasteiger partial charge in [-0.1, -0.05) is 32.0 Å². The van der Waals surface area contributed by atoms with Gasteiger partial charge in [-0.3, -0.25) is 0 Å². The lowest BCUT2D eigenvalue weighted by atomic mass is 10.0. The molecular formula is C25H35N3O4S. The zero-order valence-electron chi connectivity index (χ0n) is 19.3. The highest BCUT2D eigenvalue weighted by Crippen LogP contribution is 2.27. The highest BCUT2D eigenvalue weighted by molar-refractivity contribution is 7.97. The highest BCUT2D eigenvalue weighted by Gasteiger charge is 2.21. The van der Waals surface area contributed by atoms with Crippen LogP contribution in [0.25, 0.3) is 0 Å². The second kappa shape index (κ2) is 19.4. The number of benzene rings is 2. The zero-order chi connectivity index (χ0) is 25.8. The van der Waals surface area contributed by atoms with E-state index in [1.165, 1.54) is 36.9 Å². The smallest absolute Gasteiger partial charge is 0.338 e. The molecule has 1 saturated heterocycles. The number of carbonyl (C=O) groups is 1. The van der Waals surface area contributed by atoms with Gasteiger partial charge in [-0.2, -0.15) is 0 Å². The van der Waals surface area contributed by atoms with Gasteiger partial charge in [-0.25, -0.2) is 9.10 Å². The molecule has 3 rings (SSSR count). The molecule has 0 radical (unpaired) electrons. The number of para-hydroxylation sites is 1. The molecule has 2 aromatic carbocycles. The van der Waals surface area contributed by atoms with Crippen LogP contribution in [0.3, 0.4) is 0 Å². The van der Waals surface area contributed by atoms with Gasteiger partial charge in [0.05, 0.1) is 5.71 Å². The number of aliphatic hydroxyl groups is 1. The maximum Gasteiger partial charge on any atom is 0.338 e. The topological polar surface area (TPSA) is 131 Å². The quantitative estimate of drug-likeness (QED) is 0.140. The van der Waals surface area contributed by atoms with Crippen LogP contribution in [0.1, 0.15) is 32.3 Å². The maximum absolute atomic E-state index is 10.4. The number of hydrogen-bond acceptors (Lipinski definition) is 7. The summed E-state index contributed by atoms with van der Waals surface area (Å²) in [5.74, 6) is -1.12. The Kier molecular flexibility index (Phi) is 18.8. The number of phenolic OH excluding ortho intramolecular Hbond substituents is 1. The molecule has 2 aromatic rings. The molecule has 1 aliphatic heterocycles.